The molecule has 0 bridgehead atoms. The van der Waals surface area contributed by atoms with Gasteiger partial charge < -0.3 is 19.5 Å². The van der Waals surface area contributed by atoms with E-state index in [9.17, 15) is 4.79 Å². The number of thiocarbonyl (C=S) groups is 1. The number of carbonyl (C=O) groups is 1. The van der Waals surface area contributed by atoms with Crippen molar-refractivity contribution in [1.82, 2.24) is 5.43 Å². The maximum Gasteiger partial charge on any atom is 0.308 e. The zero-order chi connectivity index (χ0) is 20.7. The molecule has 0 aromatic heterocycles. The van der Waals surface area contributed by atoms with Gasteiger partial charge in [0, 0.05) is 23.2 Å². The SMILES string of the molecule is COc1cc(/C=N/NC(=S)Nc2cccc(Cl)c2C)cc(OC)c1OC(C)=O. The van der Waals surface area contributed by atoms with E-state index in [-0.39, 0.29) is 5.75 Å². The van der Waals surface area contributed by atoms with Gasteiger partial charge in [0.15, 0.2) is 16.6 Å². The number of benzene rings is 2. The van der Waals surface area contributed by atoms with Gasteiger partial charge in [-0.25, -0.2) is 0 Å². The van der Waals surface area contributed by atoms with Crippen LogP contribution < -0.4 is 25.0 Å². The Bertz CT molecular complexity index is 893. The lowest BCUT2D eigenvalue weighted by Crippen LogP contribution is -2.24. The summed E-state index contributed by atoms with van der Waals surface area (Å²) in [5, 5.41) is 8.07. The molecule has 0 radical (unpaired) electrons. The fraction of sp³-hybridized carbons (Fsp3) is 0.211. The minimum absolute atomic E-state index is 0.205. The molecule has 0 fully saturated rings. The van der Waals surface area contributed by atoms with Crippen LogP contribution in [0.4, 0.5) is 5.69 Å². The van der Waals surface area contributed by atoms with Gasteiger partial charge in [-0.1, -0.05) is 17.7 Å². The van der Waals surface area contributed by atoms with Crippen molar-refractivity contribution in [3.8, 4) is 17.2 Å². The first kappa shape index (κ1) is 21.5. The number of hydrogen-bond donors (Lipinski definition) is 2. The van der Waals surface area contributed by atoms with Crippen molar-refractivity contribution < 1.29 is 19.0 Å². The Labute approximate surface area is 173 Å². The second-order valence-electron chi connectivity index (χ2n) is 5.58. The number of halogens is 1. The van der Waals surface area contributed by atoms with E-state index in [2.05, 4.69) is 15.8 Å². The van der Waals surface area contributed by atoms with Gasteiger partial charge in [-0.15, -0.1) is 0 Å². The molecule has 0 saturated heterocycles. The van der Waals surface area contributed by atoms with Gasteiger partial charge in [0.25, 0.3) is 0 Å². The van der Waals surface area contributed by atoms with Crippen LogP contribution in [-0.2, 0) is 4.79 Å². The Balaban J connectivity index is 2.12. The molecule has 2 N–H and O–H groups in total. The molecule has 0 unspecified atom stereocenters. The highest BCUT2D eigenvalue weighted by molar-refractivity contribution is 7.80. The molecule has 2 rings (SSSR count). The zero-order valence-corrected chi connectivity index (χ0v) is 17.4. The summed E-state index contributed by atoms with van der Waals surface area (Å²) < 4.78 is 15.7. The summed E-state index contributed by atoms with van der Waals surface area (Å²) in [7, 11) is 2.93. The molecule has 0 aliphatic rings. The fourth-order valence-electron chi connectivity index (χ4n) is 2.28. The van der Waals surface area contributed by atoms with E-state index in [1.165, 1.54) is 27.4 Å². The smallest absolute Gasteiger partial charge is 0.308 e. The number of methoxy groups -OCH3 is 2. The maximum absolute atomic E-state index is 11.3. The Kier molecular flexibility index (Phi) is 7.60. The third kappa shape index (κ3) is 5.58. The number of esters is 1. The Morgan fingerprint density at radius 3 is 2.43 bits per heavy atom. The van der Waals surface area contributed by atoms with Crippen LogP contribution in [0.3, 0.4) is 0 Å². The lowest BCUT2D eigenvalue weighted by atomic mass is 10.2. The van der Waals surface area contributed by atoms with Gasteiger partial charge in [-0.3, -0.25) is 10.2 Å². The van der Waals surface area contributed by atoms with Crippen molar-refractivity contribution in [2.45, 2.75) is 13.8 Å². The molecule has 0 saturated carbocycles. The number of hydrogen-bond acceptors (Lipinski definition) is 6. The van der Waals surface area contributed by atoms with Gasteiger partial charge in [0.2, 0.25) is 5.75 Å². The number of nitrogens with one attached hydrogen (secondary N) is 2. The third-order valence-electron chi connectivity index (χ3n) is 3.62. The maximum atomic E-state index is 11.3. The average molecular weight is 422 g/mol. The summed E-state index contributed by atoms with van der Waals surface area (Å²) in [6.45, 7) is 3.19. The topological polar surface area (TPSA) is 81.2 Å². The minimum Gasteiger partial charge on any atom is -0.493 e. The predicted octanol–water partition coefficient (Wildman–Crippen LogP) is 3.91. The van der Waals surface area contributed by atoms with Crippen molar-refractivity contribution in [2.24, 2.45) is 5.10 Å². The number of rotatable bonds is 6. The highest BCUT2D eigenvalue weighted by atomic mass is 35.5. The summed E-state index contributed by atoms with van der Waals surface area (Å²) >= 11 is 11.3. The molecule has 0 atom stereocenters. The van der Waals surface area contributed by atoms with Crippen LogP contribution in [-0.4, -0.2) is 31.5 Å². The molecule has 7 nitrogen and oxygen atoms in total. The summed E-state index contributed by atoms with van der Waals surface area (Å²) in [4.78, 5) is 11.3. The molecule has 2 aromatic carbocycles. The van der Waals surface area contributed by atoms with Crippen molar-refractivity contribution in [3.05, 3.63) is 46.5 Å². The van der Waals surface area contributed by atoms with Crippen LogP contribution in [0, 0.1) is 6.92 Å². The van der Waals surface area contributed by atoms with Gasteiger partial charge >= 0.3 is 5.97 Å². The highest BCUT2D eigenvalue weighted by Crippen LogP contribution is 2.38. The van der Waals surface area contributed by atoms with Crippen LogP contribution >= 0.6 is 23.8 Å². The second-order valence-corrected chi connectivity index (χ2v) is 6.40. The first-order chi connectivity index (χ1) is 13.3. The van der Waals surface area contributed by atoms with Crippen LogP contribution in [0.5, 0.6) is 17.2 Å². The largest absolute Gasteiger partial charge is 0.493 e. The average Bonchev–Trinajstić information content (AvgIpc) is 2.65. The first-order valence-electron chi connectivity index (χ1n) is 8.15. The highest BCUT2D eigenvalue weighted by Gasteiger charge is 2.15. The summed E-state index contributed by atoms with van der Waals surface area (Å²) in [5.74, 6) is 0.404. The van der Waals surface area contributed by atoms with Crippen LogP contribution in [0.15, 0.2) is 35.4 Å². The summed E-state index contributed by atoms with van der Waals surface area (Å²) in [6, 6.07) is 8.80. The number of nitrogens with zero attached hydrogens (tertiary/aromatic N) is 1. The quantitative estimate of drug-likeness (QED) is 0.240. The lowest BCUT2D eigenvalue weighted by molar-refractivity contribution is -0.132. The fourth-order valence-corrected chi connectivity index (χ4v) is 2.61. The Morgan fingerprint density at radius 2 is 1.86 bits per heavy atom. The minimum atomic E-state index is -0.479. The predicted molar refractivity (Wildman–Crippen MR) is 114 cm³/mol. The van der Waals surface area contributed by atoms with Crippen molar-refractivity contribution in [1.29, 1.82) is 0 Å². The van der Waals surface area contributed by atoms with Crippen LogP contribution in [0.25, 0.3) is 0 Å². The molecule has 2 aromatic rings. The van der Waals surface area contributed by atoms with E-state index >= 15 is 0 Å². The number of carbonyl (C=O) groups excluding carboxylic acids is 1. The monoisotopic (exact) mass is 421 g/mol. The zero-order valence-electron chi connectivity index (χ0n) is 15.8. The van der Waals surface area contributed by atoms with E-state index < -0.39 is 5.97 Å². The number of hydrazone groups is 1. The molecular formula is C19H20ClN3O4S. The van der Waals surface area contributed by atoms with Crippen molar-refractivity contribution in [3.63, 3.8) is 0 Å². The third-order valence-corrected chi connectivity index (χ3v) is 4.23. The standard InChI is InChI=1S/C19H20ClN3O4S/c1-11-14(20)6-5-7-15(11)22-19(28)23-21-10-13-8-16(25-3)18(27-12(2)24)17(9-13)26-4/h5-10H,1-4H3,(H2,22,23,28)/b21-10+. The number of anilines is 1. The molecule has 0 heterocycles. The van der Waals surface area contributed by atoms with E-state index in [0.717, 1.165) is 11.3 Å². The summed E-state index contributed by atoms with van der Waals surface area (Å²) in [6.07, 6.45) is 1.53. The molecule has 0 aliphatic carbocycles. The van der Waals surface area contributed by atoms with Crippen LogP contribution in [0.2, 0.25) is 5.02 Å². The van der Waals surface area contributed by atoms with E-state index in [0.29, 0.717) is 27.2 Å². The molecule has 148 valence electrons. The first-order valence-corrected chi connectivity index (χ1v) is 8.94. The summed E-state index contributed by atoms with van der Waals surface area (Å²) in [5.41, 5.74) is 5.05. The normalized spacial score (nSPS) is 10.5. The van der Waals surface area contributed by atoms with Gasteiger partial charge in [-0.2, -0.15) is 5.10 Å². The van der Waals surface area contributed by atoms with E-state index in [4.69, 9.17) is 38.0 Å². The van der Waals surface area contributed by atoms with E-state index in [1.54, 1.807) is 18.2 Å². The van der Waals surface area contributed by atoms with Crippen LogP contribution in [0.1, 0.15) is 18.1 Å². The Morgan fingerprint density at radius 1 is 1.21 bits per heavy atom. The molecular weight excluding hydrogens is 402 g/mol. The molecule has 28 heavy (non-hydrogen) atoms. The second kappa shape index (κ2) is 9.91. The lowest BCUT2D eigenvalue weighted by Gasteiger charge is -2.13. The van der Waals surface area contributed by atoms with Gasteiger partial charge in [-0.05, 0) is 49.0 Å². The molecule has 0 spiro atoms. The number of ether oxygens (including phenoxy) is 3. The van der Waals surface area contributed by atoms with Crippen molar-refractivity contribution >= 4 is 46.8 Å². The van der Waals surface area contributed by atoms with Crippen molar-refractivity contribution in [2.75, 3.05) is 19.5 Å². The Hall–Kier alpha value is -2.84. The molecule has 9 heteroatoms. The van der Waals surface area contributed by atoms with Gasteiger partial charge in [0.1, 0.15) is 0 Å². The van der Waals surface area contributed by atoms with E-state index in [1.807, 2.05) is 19.1 Å². The molecule has 0 aliphatic heterocycles. The van der Waals surface area contributed by atoms with Gasteiger partial charge in [0.05, 0.1) is 20.4 Å². The molecule has 0 amide bonds.